The zero-order valence-corrected chi connectivity index (χ0v) is 14.2. The molecule has 120 valence electrons. The summed E-state index contributed by atoms with van der Waals surface area (Å²) < 4.78 is 18.6. The molecule has 7 heteroatoms. The summed E-state index contributed by atoms with van der Waals surface area (Å²) in [5.41, 5.74) is 0. The van der Waals surface area contributed by atoms with Crippen molar-refractivity contribution in [1.82, 2.24) is 0 Å². The van der Waals surface area contributed by atoms with Gasteiger partial charge in [-0.15, -0.1) is 0 Å². The smallest absolute Gasteiger partial charge is 0.110 e. The van der Waals surface area contributed by atoms with Crippen molar-refractivity contribution >= 4 is 7.91 Å². The lowest BCUT2D eigenvalue weighted by Crippen LogP contribution is -3.11. The van der Waals surface area contributed by atoms with Crippen molar-refractivity contribution in [3.8, 4) is 0 Å². The third kappa shape index (κ3) is 32.0. The summed E-state index contributed by atoms with van der Waals surface area (Å²) in [5, 5.41) is 0. The molecule has 0 saturated heterocycles. The molecule has 2 N–H and O–H groups in total. The van der Waals surface area contributed by atoms with Gasteiger partial charge in [-0.05, 0) is 41.5 Å². The van der Waals surface area contributed by atoms with Gasteiger partial charge < -0.3 is 24.2 Å². The zero-order valence-electron chi connectivity index (χ0n) is 13.3. The molecule has 0 rings (SSSR count). The molecule has 0 bridgehead atoms. The molecule has 0 radical (unpaired) electrons. The van der Waals surface area contributed by atoms with Gasteiger partial charge in [0.25, 0.3) is 0 Å². The van der Waals surface area contributed by atoms with Crippen LogP contribution in [0.15, 0.2) is 0 Å². The van der Waals surface area contributed by atoms with Crippen LogP contribution in [0, 0.1) is 0 Å². The van der Waals surface area contributed by atoms with Crippen LogP contribution >= 0.6 is 7.91 Å². The van der Waals surface area contributed by atoms with Crippen LogP contribution in [-0.4, -0.2) is 39.3 Å². The Morgan fingerprint density at radius 2 is 0.842 bits per heavy atom. The lowest BCUT2D eigenvalue weighted by molar-refractivity contribution is -0.894. The molecule has 0 heterocycles. The second-order valence-electron chi connectivity index (χ2n) is 4.05. The van der Waals surface area contributed by atoms with Crippen molar-refractivity contribution in [2.75, 3.05) is 39.3 Å². The standard InChI is InChI=1S/2C6H15N.FH2O3P/c2*1-4-7(5-2)6-3;1-5(2,3)4/h2*4-6H2,1-3H3;(H2,2,3,4). The molecule has 5 nitrogen and oxygen atoms in total. The number of rotatable bonds is 6. The first-order valence-corrected chi connectivity index (χ1v) is 8.51. The Morgan fingerprint density at radius 1 is 0.737 bits per heavy atom. The molecule has 0 spiro atoms. The van der Waals surface area contributed by atoms with E-state index in [1.807, 2.05) is 0 Å². The average molecular weight is 302 g/mol. The highest BCUT2D eigenvalue weighted by molar-refractivity contribution is 7.42. The van der Waals surface area contributed by atoms with Crippen LogP contribution in [0.3, 0.4) is 0 Å². The first-order valence-electron chi connectivity index (χ1n) is 7.08. The molecule has 0 aromatic heterocycles. The summed E-state index contributed by atoms with van der Waals surface area (Å²) in [6.07, 6.45) is 0. The molecule has 0 unspecified atom stereocenters. The van der Waals surface area contributed by atoms with Gasteiger partial charge in [0.2, 0.25) is 0 Å². The molecule has 0 fully saturated rings. The largest absolute Gasteiger partial charge is 0.786 e. The molecule has 0 amide bonds. The number of nitrogens with one attached hydrogen (secondary N) is 2. The van der Waals surface area contributed by atoms with Gasteiger partial charge in [0.05, 0.1) is 39.3 Å². The van der Waals surface area contributed by atoms with E-state index < -0.39 is 7.91 Å². The van der Waals surface area contributed by atoms with Crippen LogP contribution in [-0.2, 0) is 4.57 Å². The third-order valence-electron chi connectivity index (χ3n) is 3.00. The number of hydrogen-bond acceptors (Lipinski definition) is 3. The van der Waals surface area contributed by atoms with Crippen LogP contribution in [0.25, 0.3) is 0 Å². The van der Waals surface area contributed by atoms with Gasteiger partial charge in [0, 0.05) is 0 Å². The third-order valence-corrected chi connectivity index (χ3v) is 3.00. The second-order valence-corrected chi connectivity index (χ2v) is 4.91. The summed E-state index contributed by atoms with van der Waals surface area (Å²) in [6.45, 7) is 21.0. The van der Waals surface area contributed by atoms with E-state index in [4.69, 9.17) is 14.4 Å². The van der Waals surface area contributed by atoms with Crippen LogP contribution in [0.4, 0.5) is 4.20 Å². The SMILES string of the molecule is CC[NH+](CC)CC.CC[NH+](CC)CC.O=P([O-])([O-])F. The van der Waals surface area contributed by atoms with Crippen molar-refractivity contribution < 1.29 is 28.3 Å². The van der Waals surface area contributed by atoms with Crippen LogP contribution in [0.5, 0.6) is 0 Å². The summed E-state index contributed by atoms with van der Waals surface area (Å²) in [5.74, 6) is 0. The minimum atomic E-state index is -5.64. The Balaban J connectivity index is -0.000000206. The van der Waals surface area contributed by atoms with E-state index in [0.29, 0.717) is 0 Å². The van der Waals surface area contributed by atoms with Gasteiger partial charge in [-0.1, -0.05) is 0 Å². The van der Waals surface area contributed by atoms with E-state index in [9.17, 15) is 4.20 Å². The Bertz CT molecular complexity index is 176. The Morgan fingerprint density at radius 3 is 0.842 bits per heavy atom. The van der Waals surface area contributed by atoms with Crippen LogP contribution in [0.1, 0.15) is 41.5 Å². The first-order chi connectivity index (χ1) is 8.69. The molecule has 0 aliphatic carbocycles. The maximum absolute atomic E-state index is 10.1. The molecule has 0 atom stereocenters. The van der Waals surface area contributed by atoms with Crippen molar-refractivity contribution in [3.63, 3.8) is 0 Å². The van der Waals surface area contributed by atoms with Gasteiger partial charge in [-0.2, -0.15) is 0 Å². The maximum atomic E-state index is 10.1. The van der Waals surface area contributed by atoms with Gasteiger partial charge in [0.15, 0.2) is 0 Å². The van der Waals surface area contributed by atoms with Crippen molar-refractivity contribution in [2.24, 2.45) is 0 Å². The fourth-order valence-corrected chi connectivity index (χ4v) is 1.50. The minimum absolute atomic E-state index is 1.27. The molecule has 19 heavy (non-hydrogen) atoms. The molecule has 0 aliphatic rings. The van der Waals surface area contributed by atoms with Gasteiger partial charge >= 0.3 is 0 Å². The lowest BCUT2D eigenvalue weighted by atomic mass is 10.5. The van der Waals surface area contributed by atoms with E-state index in [1.54, 1.807) is 9.80 Å². The van der Waals surface area contributed by atoms with E-state index in [1.165, 1.54) is 39.3 Å². The average Bonchev–Trinajstić information content (AvgIpc) is 2.32. The zero-order chi connectivity index (χ0) is 15.9. The van der Waals surface area contributed by atoms with E-state index in [0.717, 1.165) is 0 Å². The summed E-state index contributed by atoms with van der Waals surface area (Å²) >= 11 is 0. The van der Waals surface area contributed by atoms with Crippen molar-refractivity contribution in [2.45, 2.75) is 41.5 Å². The summed E-state index contributed by atoms with van der Waals surface area (Å²) in [4.78, 5) is 20.2. The number of halogens is 1. The van der Waals surface area contributed by atoms with E-state index in [-0.39, 0.29) is 0 Å². The maximum Gasteiger partial charge on any atom is 0.110 e. The predicted molar refractivity (Wildman–Crippen MR) is 73.9 cm³/mol. The summed E-state index contributed by atoms with van der Waals surface area (Å²) in [7, 11) is -5.64. The normalized spacial score (nSPS) is 10.7. The highest BCUT2D eigenvalue weighted by Crippen LogP contribution is 2.22. The van der Waals surface area contributed by atoms with Crippen LogP contribution < -0.4 is 19.6 Å². The topological polar surface area (TPSA) is 72.1 Å². The van der Waals surface area contributed by atoms with Gasteiger partial charge in [0.1, 0.15) is 7.91 Å². The van der Waals surface area contributed by atoms with Crippen molar-refractivity contribution in [3.05, 3.63) is 0 Å². The predicted octanol–water partition coefficient (Wildman–Crippen LogP) is -1.35. The quantitative estimate of drug-likeness (QED) is 0.596. The van der Waals surface area contributed by atoms with Gasteiger partial charge in [-0.3, -0.25) is 0 Å². The van der Waals surface area contributed by atoms with E-state index in [2.05, 4.69) is 41.5 Å². The summed E-state index contributed by atoms with van der Waals surface area (Å²) in [6, 6.07) is 0. The lowest BCUT2D eigenvalue weighted by Gasteiger charge is -2.15. The van der Waals surface area contributed by atoms with Crippen LogP contribution in [0.2, 0.25) is 0 Å². The van der Waals surface area contributed by atoms with E-state index >= 15 is 0 Å². The van der Waals surface area contributed by atoms with Gasteiger partial charge in [-0.25, -0.2) is 4.20 Å². The first kappa shape index (κ1) is 24.0. The Kier molecular flexibility index (Phi) is 20.3. The second kappa shape index (κ2) is 16.1. The minimum Gasteiger partial charge on any atom is -0.786 e. The monoisotopic (exact) mass is 302 g/mol. The molecular formula is C12H32FN2O3P. The molecule has 0 saturated carbocycles. The molecule has 0 aliphatic heterocycles. The molecular weight excluding hydrogens is 270 g/mol. The fraction of sp³-hybridized carbons (Fsp3) is 1.00. The Hall–Kier alpha value is -0.0000000000000000555. The number of quaternary nitrogens is 2. The highest BCUT2D eigenvalue weighted by Gasteiger charge is 1.93. The fourth-order valence-electron chi connectivity index (χ4n) is 1.50. The Labute approximate surface area is 118 Å². The molecule has 0 aromatic carbocycles. The number of hydrogen-bond donors (Lipinski definition) is 2. The highest BCUT2D eigenvalue weighted by atomic mass is 31.2. The van der Waals surface area contributed by atoms with Crippen molar-refractivity contribution in [1.29, 1.82) is 0 Å². The molecule has 0 aromatic rings.